The quantitative estimate of drug-likeness (QED) is 0.623. The van der Waals surface area contributed by atoms with Gasteiger partial charge in [0.2, 0.25) is 0 Å². The van der Waals surface area contributed by atoms with Crippen molar-refractivity contribution < 1.29 is 4.79 Å². The topological polar surface area (TPSA) is 78.1 Å². The first-order valence-electron chi connectivity index (χ1n) is 9.04. The molecule has 8 heteroatoms. The van der Waals surface area contributed by atoms with Gasteiger partial charge in [0.1, 0.15) is 0 Å². The van der Waals surface area contributed by atoms with Gasteiger partial charge in [0, 0.05) is 64.0 Å². The Labute approximate surface area is 164 Å². The summed E-state index contributed by atoms with van der Waals surface area (Å²) in [5.41, 5.74) is 7.97. The van der Waals surface area contributed by atoms with Crippen LogP contribution in [0.1, 0.15) is 15.9 Å². The van der Waals surface area contributed by atoms with Gasteiger partial charge in [-0.25, -0.2) is 4.98 Å². The molecule has 2 heterocycles. The molecule has 0 spiro atoms. The largest absolute Gasteiger partial charge is 0.370 e. The molecule has 3 rings (SSSR count). The molecule has 144 valence electrons. The third-order valence-corrected chi connectivity index (χ3v) is 5.38. The molecule has 2 aromatic rings. The van der Waals surface area contributed by atoms with Crippen LogP contribution in [-0.2, 0) is 6.42 Å². The van der Waals surface area contributed by atoms with Crippen molar-refractivity contribution in [3.8, 4) is 0 Å². The zero-order chi connectivity index (χ0) is 19.2. The van der Waals surface area contributed by atoms with Crippen molar-refractivity contribution in [3.63, 3.8) is 0 Å². The summed E-state index contributed by atoms with van der Waals surface area (Å²) in [6.07, 6.45) is 2.59. The van der Waals surface area contributed by atoms with E-state index in [4.69, 9.17) is 5.73 Å². The van der Waals surface area contributed by atoms with E-state index in [1.165, 1.54) is 0 Å². The number of rotatable bonds is 5. The number of carbonyl (C=O) groups is 1. The zero-order valence-electron chi connectivity index (χ0n) is 15.8. The Hall–Kier alpha value is -2.61. The Morgan fingerprint density at radius 3 is 2.74 bits per heavy atom. The maximum atomic E-state index is 12.1. The highest BCUT2D eigenvalue weighted by Gasteiger charge is 2.19. The van der Waals surface area contributed by atoms with E-state index in [0.29, 0.717) is 18.1 Å². The molecule has 1 saturated heterocycles. The second-order valence-corrected chi connectivity index (χ2v) is 7.55. The second-order valence-electron chi connectivity index (χ2n) is 6.68. The zero-order valence-corrected chi connectivity index (χ0v) is 16.7. The summed E-state index contributed by atoms with van der Waals surface area (Å²) in [5.74, 6) is 0.604. The van der Waals surface area contributed by atoms with Crippen LogP contribution in [0.2, 0.25) is 0 Å². The summed E-state index contributed by atoms with van der Waals surface area (Å²) in [4.78, 5) is 26.9. The highest BCUT2D eigenvalue weighted by molar-refractivity contribution is 7.13. The minimum atomic E-state index is 0.0120. The van der Waals surface area contributed by atoms with Crippen molar-refractivity contribution >= 4 is 28.3 Å². The molecule has 1 fully saturated rings. The SMILES string of the molecule is CN(C)C(=O)c1cccc(CCN=C(N)N2CCN(c3nccs3)CC2)c1. The molecule has 0 saturated carbocycles. The first-order valence-corrected chi connectivity index (χ1v) is 9.92. The first kappa shape index (κ1) is 19.2. The molecule has 1 aromatic heterocycles. The molecule has 0 unspecified atom stereocenters. The molecule has 1 aliphatic heterocycles. The number of benzene rings is 1. The molecule has 2 N–H and O–H groups in total. The number of aromatic nitrogens is 1. The number of hydrogen-bond acceptors (Lipinski definition) is 5. The first-order chi connectivity index (χ1) is 13.0. The number of carbonyl (C=O) groups excluding carboxylic acids is 1. The van der Waals surface area contributed by atoms with Crippen molar-refractivity contribution in [1.82, 2.24) is 14.8 Å². The Morgan fingerprint density at radius 1 is 1.30 bits per heavy atom. The highest BCUT2D eigenvalue weighted by Crippen LogP contribution is 2.18. The summed E-state index contributed by atoms with van der Waals surface area (Å²) in [6, 6.07) is 7.70. The van der Waals surface area contributed by atoms with Crippen LogP contribution in [0.4, 0.5) is 5.13 Å². The maximum absolute atomic E-state index is 12.1. The molecule has 1 aromatic carbocycles. The summed E-state index contributed by atoms with van der Waals surface area (Å²) in [7, 11) is 3.52. The van der Waals surface area contributed by atoms with E-state index in [0.717, 1.165) is 43.3 Å². The molecule has 0 bridgehead atoms. The number of nitrogens with zero attached hydrogens (tertiary/aromatic N) is 5. The van der Waals surface area contributed by atoms with Crippen molar-refractivity contribution in [3.05, 3.63) is 47.0 Å². The number of aliphatic imine (C=N–C) groups is 1. The fourth-order valence-corrected chi connectivity index (χ4v) is 3.71. The van der Waals surface area contributed by atoms with Crippen LogP contribution in [0.25, 0.3) is 0 Å². The normalized spacial score (nSPS) is 15.1. The minimum absolute atomic E-state index is 0.0120. The number of hydrogen-bond donors (Lipinski definition) is 1. The third-order valence-electron chi connectivity index (χ3n) is 4.55. The lowest BCUT2D eigenvalue weighted by atomic mass is 10.1. The molecule has 0 radical (unpaired) electrons. The number of piperazine rings is 1. The van der Waals surface area contributed by atoms with Gasteiger partial charge in [-0.15, -0.1) is 11.3 Å². The lowest BCUT2D eigenvalue weighted by Gasteiger charge is -2.35. The smallest absolute Gasteiger partial charge is 0.253 e. The van der Waals surface area contributed by atoms with Crippen LogP contribution in [-0.4, -0.2) is 73.5 Å². The summed E-state index contributed by atoms with van der Waals surface area (Å²) in [5, 5.41) is 3.07. The van der Waals surface area contributed by atoms with Crippen molar-refractivity contribution in [2.45, 2.75) is 6.42 Å². The van der Waals surface area contributed by atoms with E-state index in [1.54, 1.807) is 30.3 Å². The van der Waals surface area contributed by atoms with Crippen molar-refractivity contribution in [2.24, 2.45) is 10.7 Å². The van der Waals surface area contributed by atoms with E-state index < -0.39 is 0 Å². The maximum Gasteiger partial charge on any atom is 0.253 e. The Kier molecular flexibility index (Phi) is 6.28. The molecule has 1 amide bonds. The lowest BCUT2D eigenvalue weighted by Crippen LogP contribution is -2.51. The number of guanidine groups is 1. The predicted octanol–water partition coefficient (Wildman–Crippen LogP) is 1.52. The van der Waals surface area contributed by atoms with E-state index in [9.17, 15) is 4.79 Å². The fraction of sp³-hybridized carbons (Fsp3) is 0.421. The summed E-state index contributed by atoms with van der Waals surface area (Å²) >= 11 is 1.66. The Bertz CT molecular complexity index is 781. The highest BCUT2D eigenvalue weighted by atomic mass is 32.1. The Balaban J connectivity index is 1.50. The molecule has 0 aliphatic carbocycles. The summed E-state index contributed by atoms with van der Waals surface area (Å²) in [6.45, 7) is 4.11. The molecule has 1 aliphatic rings. The van der Waals surface area contributed by atoms with Crippen molar-refractivity contribution in [2.75, 3.05) is 51.7 Å². The van der Waals surface area contributed by atoms with Gasteiger partial charge in [-0.3, -0.25) is 9.79 Å². The number of anilines is 1. The van der Waals surface area contributed by atoms with Gasteiger partial charge in [0.05, 0.1) is 0 Å². The molecule has 0 atom stereocenters. The predicted molar refractivity (Wildman–Crippen MR) is 111 cm³/mol. The molecular formula is C19H26N6OS. The molecular weight excluding hydrogens is 360 g/mol. The number of thiazole rings is 1. The van der Waals surface area contributed by atoms with Gasteiger partial charge >= 0.3 is 0 Å². The van der Waals surface area contributed by atoms with Crippen molar-refractivity contribution in [1.29, 1.82) is 0 Å². The summed E-state index contributed by atoms with van der Waals surface area (Å²) < 4.78 is 0. The monoisotopic (exact) mass is 386 g/mol. The van der Waals surface area contributed by atoms with Gasteiger partial charge in [-0.2, -0.15) is 0 Å². The minimum Gasteiger partial charge on any atom is -0.370 e. The van der Waals surface area contributed by atoms with E-state index in [1.807, 2.05) is 35.8 Å². The van der Waals surface area contributed by atoms with E-state index in [2.05, 4.69) is 19.8 Å². The van der Waals surface area contributed by atoms with E-state index >= 15 is 0 Å². The van der Waals surface area contributed by atoms with Crippen LogP contribution in [0, 0.1) is 0 Å². The standard InChI is InChI=1S/C19H26N6OS/c1-23(2)17(26)16-5-3-4-15(14-16)6-7-21-18(20)24-9-11-25(12-10-24)19-22-8-13-27-19/h3-5,8,13-14H,6-7,9-12H2,1-2H3,(H2,20,21). The van der Waals surface area contributed by atoms with Gasteiger partial charge in [-0.1, -0.05) is 12.1 Å². The van der Waals surface area contributed by atoms with Crippen LogP contribution in [0.15, 0.2) is 40.8 Å². The van der Waals surface area contributed by atoms with Crippen LogP contribution < -0.4 is 10.6 Å². The average molecular weight is 387 g/mol. The second kappa shape index (κ2) is 8.85. The molecule has 7 nitrogen and oxygen atoms in total. The number of nitrogens with two attached hydrogens (primary N) is 1. The average Bonchev–Trinajstić information content (AvgIpc) is 3.22. The van der Waals surface area contributed by atoms with Gasteiger partial charge in [-0.05, 0) is 24.1 Å². The lowest BCUT2D eigenvalue weighted by molar-refractivity contribution is 0.0827. The van der Waals surface area contributed by atoms with Crippen LogP contribution in [0.3, 0.4) is 0 Å². The molecule has 27 heavy (non-hydrogen) atoms. The van der Waals surface area contributed by atoms with Gasteiger partial charge < -0.3 is 20.4 Å². The third kappa shape index (κ3) is 4.97. The number of amides is 1. The van der Waals surface area contributed by atoms with E-state index in [-0.39, 0.29) is 5.91 Å². The van der Waals surface area contributed by atoms with Gasteiger partial charge in [0.15, 0.2) is 11.1 Å². The van der Waals surface area contributed by atoms with Crippen LogP contribution in [0.5, 0.6) is 0 Å². The fourth-order valence-electron chi connectivity index (χ4n) is 3.02. The Morgan fingerprint density at radius 2 is 2.07 bits per heavy atom. The van der Waals surface area contributed by atoms with Gasteiger partial charge in [0.25, 0.3) is 5.91 Å². The van der Waals surface area contributed by atoms with Crippen LogP contribution >= 0.6 is 11.3 Å².